The van der Waals surface area contributed by atoms with E-state index in [9.17, 15) is 4.79 Å². The Bertz CT molecular complexity index is 873. The highest BCUT2D eigenvalue weighted by atomic mass is 16.5. The number of benzene rings is 2. The number of carbonyl (C=O) groups excluding carboxylic acids is 1. The minimum atomic E-state index is -0.501. The molecule has 0 amide bonds. The van der Waals surface area contributed by atoms with Crippen LogP contribution in [0.4, 0.5) is 0 Å². The van der Waals surface area contributed by atoms with Crippen LogP contribution in [0.1, 0.15) is 40.7 Å². The normalized spacial score (nSPS) is 19.1. The first kappa shape index (κ1) is 19.8. The van der Waals surface area contributed by atoms with E-state index in [-0.39, 0.29) is 5.78 Å². The summed E-state index contributed by atoms with van der Waals surface area (Å²) in [5.41, 5.74) is 2.85. The summed E-state index contributed by atoms with van der Waals surface area (Å²) in [5.74, 6) is 1.96. The third-order valence-electron chi connectivity index (χ3n) is 5.91. The maximum absolute atomic E-state index is 12.9. The molecule has 2 aliphatic rings. The molecule has 154 valence electrons. The molecular weight excluding hydrogens is 366 g/mol. The molecule has 1 aliphatic heterocycles. The Morgan fingerprint density at radius 2 is 1.76 bits per heavy atom. The summed E-state index contributed by atoms with van der Waals surface area (Å²) in [7, 11) is 3.18. The van der Waals surface area contributed by atoms with Crippen LogP contribution in [0.3, 0.4) is 0 Å². The van der Waals surface area contributed by atoms with Crippen LogP contribution in [0.15, 0.2) is 36.4 Å². The van der Waals surface area contributed by atoms with Gasteiger partial charge in [-0.25, -0.2) is 0 Å². The zero-order chi connectivity index (χ0) is 20.2. The number of fused-ring (bicyclic) bond motifs is 1. The van der Waals surface area contributed by atoms with E-state index in [4.69, 9.17) is 14.2 Å². The fourth-order valence-corrected chi connectivity index (χ4v) is 4.29. The minimum Gasteiger partial charge on any atom is -0.493 e. The summed E-state index contributed by atoms with van der Waals surface area (Å²) in [4.78, 5) is 15.4. The number of Topliss-reactive ketones (excluding diaryl/α,β-unsaturated/α-hetero) is 1. The van der Waals surface area contributed by atoms with Gasteiger partial charge in [-0.05, 0) is 67.7 Å². The Kier molecular flexibility index (Phi) is 6.05. The number of hydrogen-bond donors (Lipinski definition) is 0. The predicted octanol–water partition coefficient (Wildman–Crippen LogP) is 3.92. The number of likely N-dealkylation sites (tertiary alicyclic amines) is 1. The standard InChI is InChI=1S/C24H29NO4/c1-27-21-14-18-15-23(24(26)20(18)16-22(21)28-2)29-19-8-6-7-17(13-19)9-12-25-10-4-3-5-11-25/h6-8,13-14,16,23H,3-5,9-12,15H2,1-2H3. The van der Waals surface area contributed by atoms with Gasteiger partial charge in [0.05, 0.1) is 14.2 Å². The third-order valence-corrected chi connectivity index (χ3v) is 5.91. The highest BCUT2D eigenvalue weighted by molar-refractivity contribution is 6.04. The van der Waals surface area contributed by atoms with Gasteiger partial charge in [-0.15, -0.1) is 0 Å². The molecule has 1 heterocycles. The number of methoxy groups -OCH3 is 2. The van der Waals surface area contributed by atoms with Gasteiger partial charge in [0.2, 0.25) is 5.78 Å². The van der Waals surface area contributed by atoms with Crippen LogP contribution < -0.4 is 14.2 Å². The Morgan fingerprint density at radius 3 is 2.52 bits per heavy atom. The fraction of sp³-hybridized carbons (Fsp3) is 0.458. The lowest BCUT2D eigenvalue weighted by Crippen LogP contribution is -2.31. The zero-order valence-electron chi connectivity index (χ0n) is 17.3. The smallest absolute Gasteiger partial charge is 0.204 e. The summed E-state index contributed by atoms with van der Waals surface area (Å²) in [6, 6.07) is 11.8. The van der Waals surface area contributed by atoms with E-state index in [1.165, 1.54) is 37.9 Å². The van der Waals surface area contributed by atoms with Crippen LogP contribution in [0.5, 0.6) is 17.2 Å². The van der Waals surface area contributed by atoms with Gasteiger partial charge in [0, 0.05) is 18.5 Å². The molecule has 0 saturated carbocycles. The first-order chi connectivity index (χ1) is 14.2. The number of rotatable bonds is 7. The molecule has 0 aromatic heterocycles. The summed E-state index contributed by atoms with van der Waals surface area (Å²) >= 11 is 0. The molecule has 5 nitrogen and oxygen atoms in total. The first-order valence-corrected chi connectivity index (χ1v) is 10.4. The second-order valence-electron chi connectivity index (χ2n) is 7.84. The molecule has 1 aliphatic carbocycles. The Balaban J connectivity index is 1.42. The lowest BCUT2D eigenvalue weighted by molar-refractivity contribution is 0.0821. The van der Waals surface area contributed by atoms with Crippen molar-refractivity contribution in [3.8, 4) is 17.2 Å². The van der Waals surface area contributed by atoms with Crippen LogP contribution in [0, 0.1) is 0 Å². The molecule has 0 bridgehead atoms. The van der Waals surface area contributed by atoms with Crippen LogP contribution >= 0.6 is 0 Å². The van der Waals surface area contributed by atoms with E-state index >= 15 is 0 Å². The van der Waals surface area contributed by atoms with Crippen LogP contribution in [-0.4, -0.2) is 50.6 Å². The molecule has 0 N–H and O–H groups in total. The maximum atomic E-state index is 12.9. The van der Waals surface area contributed by atoms with Crippen molar-refractivity contribution in [3.05, 3.63) is 53.1 Å². The molecule has 2 aromatic carbocycles. The highest BCUT2D eigenvalue weighted by Gasteiger charge is 2.33. The molecule has 5 heteroatoms. The van der Waals surface area contributed by atoms with Gasteiger partial charge in [0.15, 0.2) is 17.6 Å². The van der Waals surface area contributed by atoms with Gasteiger partial charge < -0.3 is 19.1 Å². The highest BCUT2D eigenvalue weighted by Crippen LogP contribution is 2.36. The van der Waals surface area contributed by atoms with E-state index in [0.29, 0.717) is 23.5 Å². The van der Waals surface area contributed by atoms with Crippen molar-refractivity contribution < 1.29 is 19.0 Å². The average molecular weight is 395 g/mol. The lowest BCUT2D eigenvalue weighted by Gasteiger charge is -2.26. The summed E-state index contributed by atoms with van der Waals surface area (Å²) < 4.78 is 16.8. The second-order valence-corrected chi connectivity index (χ2v) is 7.84. The summed E-state index contributed by atoms with van der Waals surface area (Å²) in [6.07, 6.45) is 5.03. The van der Waals surface area contributed by atoms with Crippen molar-refractivity contribution in [1.82, 2.24) is 4.90 Å². The first-order valence-electron chi connectivity index (χ1n) is 10.4. The van der Waals surface area contributed by atoms with E-state index in [0.717, 1.165) is 24.3 Å². The maximum Gasteiger partial charge on any atom is 0.204 e. The Hall–Kier alpha value is -2.53. The molecule has 1 atom stereocenters. The molecule has 4 rings (SSSR count). The van der Waals surface area contributed by atoms with Gasteiger partial charge in [-0.3, -0.25) is 4.79 Å². The fourth-order valence-electron chi connectivity index (χ4n) is 4.29. The number of carbonyl (C=O) groups is 1. The number of ether oxygens (including phenoxy) is 3. The van der Waals surface area contributed by atoms with E-state index < -0.39 is 6.10 Å². The molecule has 0 radical (unpaired) electrons. The lowest BCUT2D eigenvalue weighted by atomic mass is 10.1. The van der Waals surface area contributed by atoms with Crippen molar-refractivity contribution in [2.45, 2.75) is 38.2 Å². The van der Waals surface area contributed by atoms with Crippen molar-refractivity contribution in [2.75, 3.05) is 33.9 Å². The largest absolute Gasteiger partial charge is 0.493 e. The van der Waals surface area contributed by atoms with E-state index in [1.54, 1.807) is 20.3 Å². The number of piperidine rings is 1. The Morgan fingerprint density at radius 1 is 1.00 bits per heavy atom. The summed E-state index contributed by atoms with van der Waals surface area (Å²) in [5, 5.41) is 0. The second kappa shape index (κ2) is 8.87. The average Bonchev–Trinajstić information content (AvgIpc) is 3.06. The Labute approximate surface area is 172 Å². The predicted molar refractivity (Wildman–Crippen MR) is 112 cm³/mol. The quantitative estimate of drug-likeness (QED) is 0.711. The zero-order valence-corrected chi connectivity index (χ0v) is 17.3. The van der Waals surface area contributed by atoms with Crippen molar-refractivity contribution >= 4 is 5.78 Å². The monoisotopic (exact) mass is 395 g/mol. The van der Waals surface area contributed by atoms with E-state index in [1.807, 2.05) is 18.2 Å². The van der Waals surface area contributed by atoms with Gasteiger partial charge in [0.25, 0.3) is 0 Å². The van der Waals surface area contributed by atoms with Gasteiger partial charge in [-0.2, -0.15) is 0 Å². The summed E-state index contributed by atoms with van der Waals surface area (Å²) in [6.45, 7) is 3.49. The number of ketones is 1. The molecule has 1 fully saturated rings. The topological polar surface area (TPSA) is 48.0 Å². The van der Waals surface area contributed by atoms with Crippen molar-refractivity contribution in [1.29, 1.82) is 0 Å². The molecule has 29 heavy (non-hydrogen) atoms. The van der Waals surface area contributed by atoms with E-state index in [2.05, 4.69) is 17.0 Å². The molecular formula is C24H29NO4. The minimum absolute atomic E-state index is 0.000303. The van der Waals surface area contributed by atoms with Crippen LogP contribution in [-0.2, 0) is 12.8 Å². The van der Waals surface area contributed by atoms with Crippen LogP contribution in [0.2, 0.25) is 0 Å². The molecule has 0 spiro atoms. The van der Waals surface area contributed by atoms with Crippen LogP contribution in [0.25, 0.3) is 0 Å². The molecule has 1 unspecified atom stereocenters. The van der Waals surface area contributed by atoms with Crippen molar-refractivity contribution in [2.24, 2.45) is 0 Å². The SMILES string of the molecule is COc1cc2c(cc1OC)C(=O)C(Oc1cccc(CCN3CCCCC3)c1)C2. The van der Waals surface area contributed by atoms with Gasteiger partial charge in [-0.1, -0.05) is 18.6 Å². The third kappa shape index (κ3) is 4.40. The van der Waals surface area contributed by atoms with Crippen molar-refractivity contribution in [3.63, 3.8) is 0 Å². The molecule has 1 saturated heterocycles. The van der Waals surface area contributed by atoms with Gasteiger partial charge in [0.1, 0.15) is 5.75 Å². The number of nitrogens with zero attached hydrogens (tertiary/aromatic N) is 1. The molecule has 2 aromatic rings. The number of hydrogen-bond acceptors (Lipinski definition) is 5. The van der Waals surface area contributed by atoms with Gasteiger partial charge >= 0.3 is 0 Å².